The van der Waals surface area contributed by atoms with Crippen molar-refractivity contribution >= 4 is 5.82 Å². The smallest absolute Gasteiger partial charge is 0.128 e. The van der Waals surface area contributed by atoms with E-state index < -0.39 is 0 Å². The van der Waals surface area contributed by atoms with Crippen molar-refractivity contribution in [2.45, 2.75) is 19.3 Å². The molecule has 3 heterocycles. The van der Waals surface area contributed by atoms with Gasteiger partial charge in [0.2, 0.25) is 0 Å². The molecule has 1 aromatic carbocycles. The highest BCUT2D eigenvalue weighted by Crippen LogP contribution is 2.54. The number of aromatic nitrogens is 1. The van der Waals surface area contributed by atoms with Crippen molar-refractivity contribution in [3.63, 3.8) is 0 Å². The molecule has 0 amide bonds. The number of rotatable bonds is 4. The van der Waals surface area contributed by atoms with Gasteiger partial charge in [-0.1, -0.05) is 19.9 Å². The molecular formula is C22H28N2O3. The second kappa shape index (κ2) is 6.71. The van der Waals surface area contributed by atoms with Crippen molar-refractivity contribution in [2.75, 3.05) is 45.4 Å². The molecule has 1 saturated heterocycles. The summed E-state index contributed by atoms with van der Waals surface area (Å²) in [5.74, 6) is 3.16. The Kier molecular flexibility index (Phi) is 4.50. The van der Waals surface area contributed by atoms with Gasteiger partial charge in [0.25, 0.3) is 0 Å². The average molecular weight is 368 g/mol. The normalized spacial score (nSPS) is 25.9. The van der Waals surface area contributed by atoms with Crippen LogP contribution in [0.3, 0.4) is 0 Å². The molecule has 2 aromatic rings. The zero-order chi connectivity index (χ0) is 19.1. The zero-order valence-electron chi connectivity index (χ0n) is 16.6. The van der Waals surface area contributed by atoms with Crippen molar-refractivity contribution in [1.82, 2.24) is 4.98 Å². The first kappa shape index (κ1) is 18.1. The Bertz CT molecular complexity index is 808. The standard InChI is InChI=1S/C22H28N2O3/c1-21(2)14-27-18-9-8-16(26-4)11-17(18)22(15-25-3)13-24(12-19(21)22)20-7-5-6-10-23-20/h5-11,19H,12-15H2,1-4H3/t19-,22-/m1/s1. The summed E-state index contributed by atoms with van der Waals surface area (Å²) >= 11 is 0. The Hall–Kier alpha value is -2.27. The Morgan fingerprint density at radius 1 is 1.22 bits per heavy atom. The minimum atomic E-state index is -0.184. The van der Waals surface area contributed by atoms with Crippen LogP contribution in [0.5, 0.6) is 11.5 Å². The Morgan fingerprint density at radius 2 is 2.07 bits per heavy atom. The van der Waals surface area contributed by atoms with Crippen LogP contribution in [-0.2, 0) is 10.2 Å². The minimum Gasteiger partial charge on any atom is -0.497 e. The van der Waals surface area contributed by atoms with Crippen molar-refractivity contribution in [3.05, 3.63) is 48.2 Å². The number of benzene rings is 1. The van der Waals surface area contributed by atoms with Gasteiger partial charge in [-0.25, -0.2) is 4.98 Å². The summed E-state index contributed by atoms with van der Waals surface area (Å²) in [5.41, 5.74) is 0.988. The molecule has 1 fully saturated rings. The highest BCUT2D eigenvalue weighted by Gasteiger charge is 2.56. The summed E-state index contributed by atoms with van der Waals surface area (Å²) < 4.78 is 17.6. The average Bonchev–Trinajstić information content (AvgIpc) is 3.05. The van der Waals surface area contributed by atoms with E-state index in [2.05, 4.69) is 35.9 Å². The first-order valence-electron chi connectivity index (χ1n) is 9.46. The predicted molar refractivity (Wildman–Crippen MR) is 106 cm³/mol. The Labute approximate surface area is 161 Å². The quantitative estimate of drug-likeness (QED) is 0.826. The molecule has 144 valence electrons. The number of nitrogens with zero attached hydrogens (tertiary/aromatic N) is 2. The van der Waals surface area contributed by atoms with E-state index in [1.807, 2.05) is 30.5 Å². The summed E-state index contributed by atoms with van der Waals surface area (Å²) in [5, 5.41) is 0. The van der Waals surface area contributed by atoms with Gasteiger partial charge in [-0.05, 0) is 36.2 Å². The van der Waals surface area contributed by atoms with Gasteiger partial charge in [0.1, 0.15) is 17.3 Å². The monoisotopic (exact) mass is 368 g/mol. The third-order valence-corrected chi connectivity index (χ3v) is 6.18. The molecule has 2 aliphatic heterocycles. The molecule has 27 heavy (non-hydrogen) atoms. The van der Waals surface area contributed by atoms with Crippen molar-refractivity contribution < 1.29 is 14.2 Å². The first-order chi connectivity index (χ1) is 13.0. The lowest BCUT2D eigenvalue weighted by molar-refractivity contribution is 0.0533. The largest absolute Gasteiger partial charge is 0.497 e. The molecule has 2 atom stereocenters. The SMILES string of the molecule is COC[C@@]12CN(c3ccccn3)C[C@@H]1C(C)(C)COc1ccc(OC)cc12. The van der Waals surface area contributed by atoms with E-state index in [9.17, 15) is 0 Å². The first-order valence-corrected chi connectivity index (χ1v) is 9.46. The van der Waals surface area contributed by atoms with E-state index in [1.165, 1.54) is 5.56 Å². The zero-order valence-corrected chi connectivity index (χ0v) is 16.6. The minimum absolute atomic E-state index is 0.00564. The maximum atomic E-state index is 6.27. The molecule has 1 aromatic heterocycles. The van der Waals surface area contributed by atoms with Crippen molar-refractivity contribution in [3.8, 4) is 11.5 Å². The molecule has 0 spiro atoms. The van der Waals surface area contributed by atoms with Gasteiger partial charge >= 0.3 is 0 Å². The molecule has 0 saturated carbocycles. The molecule has 5 heteroatoms. The third kappa shape index (κ3) is 2.94. The summed E-state index contributed by atoms with van der Waals surface area (Å²) in [6, 6.07) is 12.2. The lowest BCUT2D eigenvalue weighted by Gasteiger charge is -2.40. The number of ether oxygens (including phenoxy) is 3. The molecule has 0 bridgehead atoms. The fourth-order valence-corrected chi connectivity index (χ4v) is 4.89. The fourth-order valence-electron chi connectivity index (χ4n) is 4.89. The van der Waals surface area contributed by atoms with Crippen LogP contribution in [0.2, 0.25) is 0 Å². The van der Waals surface area contributed by atoms with Gasteiger partial charge in [0.05, 0.1) is 20.3 Å². The van der Waals surface area contributed by atoms with E-state index in [-0.39, 0.29) is 10.8 Å². The highest BCUT2D eigenvalue weighted by molar-refractivity contribution is 5.52. The molecule has 0 aliphatic carbocycles. The maximum absolute atomic E-state index is 6.27. The number of hydrogen-bond acceptors (Lipinski definition) is 5. The van der Waals surface area contributed by atoms with E-state index >= 15 is 0 Å². The highest BCUT2D eigenvalue weighted by atomic mass is 16.5. The van der Waals surface area contributed by atoms with Crippen LogP contribution in [-0.4, -0.2) is 45.5 Å². The Balaban J connectivity index is 1.87. The predicted octanol–water partition coefficient (Wildman–Crippen LogP) is 3.53. The topological polar surface area (TPSA) is 43.8 Å². The molecule has 2 aliphatic rings. The van der Waals surface area contributed by atoms with Gasteiger partial charge < -0.3 is 19.1 Å². The summed E-state index contributed by atoms with van der Waals surface area (Å²) in [6.45, 7) is 7.68. The van der Waals surface area contributed by atoms with Crippen molar-refractivity contribution in [2.24, 2.45) is 11.3 Å². The third-order valence-electron chi connectivity index (χ3n) is 6.18. The number of fused-ring (bicyclic) bond motifs is 3. The van der Waals surface area contributed by atoms with Crippen LogP contribution in [0, 0.1) is 11.3 Å². The van der Waals surface area contributed by atoms with Crippen LogP contribution in [0.25, 0.3) is 0 Å². The molecule has 0 radical (unpaired) electrons. The molecule has 5 nitrogen and oxygen atoms in total. The second-order valence-electron chi connectivity index (χ2n) is 8.35. The van der Waals surface area contributed by atoms with Crippen LogP contribution in [0.4, 0.5) is 5.82 Å². The number of anilines is 1. The van der Waals surface area contributed by atoms with Gasteiger partial charge in [-0.15, -0.1) is 0 Å². The molecular weight excluding hydrogens is 340 g/mol. The lowest BCUT2D eigenvalue weighted by atomic mass is 9.63. The van der Waals surface area contributed by atoms with Gasteiger partial charge in [-0.2, -0.15) is 0 Å². The van der Waals surface area contributed by atoms with Gasteiger partial charge in [0, 0.05) is 42.8 Å². The molecule has 0 unspecified atom stereocenters. The van der Waals surface area contributed by atoms with E-state index in [1.54, 1.807) is 14.2 Å². The van der Waals surface area contributed by atoms with Gasteiger partial charge in [-0.3, -0.25) is 0 Å². The summed E-state index contributed by atoms with van der Waals surface area (Å²) in [7, 11) is 3.49. The van der Waals surface area contributed by atoms with Crippen LogP contribution < -0.4 is 14.4 Å². The van der Waals surface area contributed by atoms with E-state index in [0.717, 1.165) is 30.4 Å². The van der Waals surface area contributed by atoms with E-state index in [4.69, 9.17) is 14.2 Å². The Morgan fingerprint density at radius 3 is 2.78 bits per heavy atom. The molecule has 0 N–H and O–H groups in total. The van der Waals surface area contributed by atoms with Crippen LogP contribution in [0.1, 0.15) is 19.4 Å². The number of pyridine rings is 1. The lowest BCUT2D eigenvalue weighted by Crippen LogP contribution is -2.46. The van der Waals surface area contributed by atoms with Gasteiger partial charge in [0.15, 0.2) is 0 Å². The van der Waals surface area contributed by atoms with Crippen LogP contribution >= 0.6 is 0 Å². The van der Waals surface area contributed by atoms with E-state index in [0.29, 0.717) is 19.1 Å². The number of methoxy groups -OCH3 is 2. The number of hydrogen-bond donors (Lipinski definition) is 0. The molecule has 4 rings (SSSR count). The van der Waals surface area contributed by atoms with Crippen molar-refractivity contribution in [1.29, 1.82) is 0 Å². The van der Waals surface area contributed by atoms with Crippen LogP contribution in [0.15, 0.2) is 42.6 Å². The summed E-state index contributed by atoms with van der Waals surface area (Å²) in [4.78, 5) is 6.99. The maximum Gasteiger partial charge on any atom is 0.128 e. The summed E-state index contributed by atoms with van der Waals surface area (Å²) in [6.07, 6.45) is 1.86. The fraction of sp³-hybridized carbons (Fsp3) is 0.500. The second-order valence-corrected chi connectivity index (χ2v) is 8.35.